The second-order valence-corrected chi connectivity index (χ2v) is 6.94. The molecule has 1 heterocycles. The number of benzene rings is 2. The van der Waals surface area contributed by atoms with Crippen molar-refractivity contribution < 1.29 is 13.9 Å². The van der Waals surface area contributed by atoms with Crippen LogP contribution in [0.15, 0.2) is 48.5 Å². The van der Waals surface area contributed by atoms with E-state index in [0.717, 1.165) is 12.1 Å². The smallest absolute Gasteiger partial charge is 0.410 e. The maximum atomic E-state index is 13.0. The number of rotatable bonds is 3. The average molecular weight is 363 g/mol. The van der Waals surface area contributed by atoms with Crippen molar-refractivity contribution in [3.8, 4) is 5.75 Å². The Morgan fingerprint density at radius 3 is 2.52 bits per heavy atom. The molecule has 0 radical (unpaired) electrons. The van der Waals surface area contributed by atoms with Crippen LogP contribution in [-0.2, 0) is 5.41 Å². The van der Waals surface area contributed by atoms with Gasteiger partial charge in [0.1, 0.15) is 11.6 Å². The van der Waals surface area contributed by atoms with Gasteiger partial charge in [0, 0.05) is 30.6 Å². The van der Waals surface area contributed by atoms with Gasteiger partial charge in [0.15, 0.2) is 0 Å². The van der Waals surface area contributed by atoms with E-state index in [1.807, 2.05) is 24.3 Å². The number of likely N-dealkylation sites (N-methyl/N-ethyl adjacent to an activating group) is 1. The monoisotopic (exact) mass is 362 g/mol. The molecule has 3 rings (SSSR count). The van der Waals surface area contributed by atoms with E-state index in [1.165, 1.54) is 24.3 Å². The highest BCUT2D eigenvalue weighted by atomic mass is 35.5. The molecule has 0 aromatic heterocycles. The zero-order chi connectivity index (χ0) is 18.0. The van der Waals surface area contributed by atoms with E-state index in [4.69, 9.17) is 16.3 Å². The maximum absolute atomic E-state index is 13.0. The summed E-state index contributed by atoms with van der Waals surface area (Å²) in [5, 5.41) is 4.03. The third kappa shape index (κ3) is 3.62. The Morgan fingerprint density at radius 2 is 1.88 bits per heavy atom. The van der Waals surface area contributed by atoms with Crippen LogP contribution >= 0.6 is 11.6 Å². The molecule has 1 N–H and O–H groups in total. The molecule has 1 saturated heterocycles. The molecule has 0 spiro atoms. The third-order valence-corrected chi connectivity index (χ3v) is 5.10. The topological polar surface area (TPSA) is 41.6 Å². The largest absolute Gasteiger partial charge is 0.415 e. The van der Waals surface area contributed by atoms with Gasteiger partial charge in [-0.1, -0.05) is 30.7 Å². The van der Waals surface area contributed by atoms with E-state index in [-0.39, 0.29) is 17.3 Å². The molecule has 2 atom stereocenters. The van der Waals surface area contributed by atoms with E-state index in [2.05, 4.69) is 12.2 Å². The van der Waals surface area contributed by atoms with Gasteiger partial charge in [-0.05, 0) is 42.0 Å². The Balaban J connectivity index is 1.77. The van der Waals surface area contributed by atoms with Gasteiger partial charge in [0.25, 0.3) is 0 Å². The summed E-state index contributed by atoms with van der Waals surface area (Å²) < 4.78 is 18.3. The summed E-state index contributed by atoms with van der Waals surface area (Å²) in [5.41, 5.74) is 0.842. The number of hydrogen-bond acceptors (Lipinski definition) is 3. The lowest BCUT2D eigenvalue weighted by molar-refractivity contribution is 0.133. The van der Waals surface area contributed by atoms with Crippen LogP contribution in [0.2, 0.25) is 5.02 Å². The van der Waals surface area contributed by atoms with E-state index in [0.29, 0.717) is 17.3 Å². The highest BCUT2D eigenvalue weighted by molar-refractivity contribution is 6.30. The zero-order valence-corrected chi connectivity index (χ0v) is 14.9. The van der Waals surface area contributed by atoms with Crippen LogP contribution in [0, 0.1) is 5.82 Å². The summed E-state index contributed by atoms with van der Waals surface area (Å²) in [6.45, 7) is 3.52. The highest BCUT2D eigenvalue weighted by Gasteiger charge is 2.44. The number of nitrogens with one attached hydrogen (secondary N) is 1. The lowest BCUT2D eigenvalue weighted by Crippen LogP contribution is -2.50. The minimum absolute atomic E-state index is 0.0818. The van der Waals surface area contributed by atoms with E-state index >= 15 is 0 Å². The van der Waals surface area contributed by atoms with Gasteiger partial charge in [-0.2, -0.15) is 0 Å². The maximum Gasteiger partial charge on any atom is 0.415 e. The van der Waals surface area contributed by atoms with Crippen LogP contribution in [0.4, 0.5) is 9.18 Å². The minimum Gasteiger partial charge on any atom is -0.410 e. The van der Waals surface area contributed by atoms with Gasteiger partial charge in [0.05, 0.1) is 6.04 Å². The van der Waals surface area contributed by atoms with Crippen LogP contribution in [0.5, 0.6) is 5.75 Å². The highest BCUT2D eigenvalue weighted by Crippen LogP contribution is 2.34. The SMILES string of the molecule is CN(C(=O)Oc1ccc(F)cc1)C1CNCC1(C)c1ccc(Cl)cc1. The first-order valence-electron chi connectivity index (χ1n) is 8.07. The normalized spacial score (nSPS) is 22.6. The fourth-order valence-corrected chi connectivity index (χ4v) is 3.43. The number of ether oxygens (including phenoxy) is 1. The molecule has 0 aliphatic carbocycles. The first-order chi connectivity index (χ1) is 11.9. The molecule has 6 heteroatoms. The molecule has 2 unspecified atom stereocenters. The van der Waals surface area contributed by atoms with Gasteiger partial charge in [-0.25, -0.2) is 9.18 Å². The Bertz CT molecular complexity index is 751. The van der Waals surface area contributed by atoms with Crippen LogP contribution in [0.3, 0.4) is 0 Å². The summed E-state index contributed by atoms with van der Waals surface area (Å²) in [7, 11) is 1.72. The molecule has 1 aliphatic heterocycles. The second-order valence-electron chi connectivity index (χ2n) is 6.50. The van der Waals surface area contributed by atoms with Crippen LogP contribution < -0.4 is 10.1 Å². The molecule has 0 bridgehead atoms. The predicted molar refractivity (Wildman–Crippen MR) is 95.6 cm³/mol. The summed E-state index contributed by atoms with van der Waals surface area (Å²) in [4.78, 5) is 14.1. The summed E-state index contributed by atoms with van der Waals surface area (Å²) in [6, 6.07) is 13.0. The lowest BCUT2D eigenvalue weighted by atomic mass is 9.78. The molecule has 1 amide bonds. The van der Waals surface area contributed by atoms with E-state index < -0.39 is 6.09 Å². The molecule has 0 saturated carbocycles. The molecule has 1 aliphatic rings. The van der Waals surface area contributed by atoms with Crippen molar-refractivity contribution >= 4 is 17.7 Å². The van der Waals surface area contributed by atoms with Crippen LogP contribution in [-0.4, -0.2) is 37.2 Å². The van der Waals surface area contributed by atoms with E-state index in [1.54, 1.807) is 11.9 Å². The fourth-order valence-electron chi connectivity index (χ4n) is 3.30. The molecule has 2 aromatic carbocycles. The number of carbonyl (C=O) groups is 1. The van der Waals surface area contributed by atoms with Gasteiger partial charge in [-0.3, -0.25) is 0 Å². The van der Waals surface area contributed by atoms with Crippen LogP contribution in [0.1, 0.15) is 12.5 Å². The van der Waals surface area contributed by atoms with Gasteiger partial charge in [0.2, 0.25) is 0 Å². The molecule has 1 fully saturated rings. The molecular formula is C19H20ClFN2O2. The molecule has 2 aromatic rings. The summed E-state index contributed by atoms with van der Waals surface area (Å²) in [5.74, 6) is -0.0548. The van der Waals surface area contributed by atoms with Gasteiger partial charge in [-0.15, -0.1) is 0 Å². The Kier molecular flexibility index (Phi) is 4.97. The number of nitrogens with zero attached hydrogens (tertiary/aromatic N) is 1. The van der Waals surface area contributed by atoms with Crippen molar-refractivity contribution in [1.82, 2.24) is 10.2 Å². The van der Waals surface area contributed by atoms with Gasteiger partial charge >= 0.3 is 6.09 Å². The van der Waals surface area contributed by atoms with Crippen LogP contribution in [0.25, 0.3) is 0 Å². The van der Waals surface area contributed by atoms with Gasteiger partial charge < -0.3 is 15.0 Å². The quantitative estimate of drug-likeness (QED) is 0.902. The van der Waals surface area contributed by atoms with Crippen molar-refractivity contribution in [2.75, 3.05) is 20.1 Å². The van der Waals surface area contributed by atoms with Crippen molar-refractivity contribution in [2.24, 2.45) is 0 Å². The van der Waals surface area contributed by atoms with Crippen molar-refractivity contribution in [2.45, 2.75) is 18.4 Å². The standard InChI is InChI=1S/C19H20ClFN2O2/c1-19(13-3-5-14(20)6-4-13)12-22-11-17(19)23(2)18(24)25-16-9-7-15(21)8-10-16/h3-10,17,22H,11-12H2,1-2H3. The lowest BCUT2D eigenvalue weighted by Gasteiger charge is -2.36. The minimum atomic E-state index is -0.472. The predicted octanol–water partition coefficient (Wildman–Crippen LogP) is 3.84. The number of hydrogen-bond donors (Lipinski definition) is 1. The number of carbonyl (C=O) groups excluding carboxylic acids is 1. The Labute approximate surface area is 151 Å². The molecule has 132 valence electrons. The van der Waals surface area contributed by atoms with Crippen molar-refractivity contribution in [3.05, 3.63) is 64.9 Å². The first kappa shape index (κ1) is 17.7. The fraction of sp³-hybridized carbons (Fsp3) is 0.316. The Morgan fingerprint density at radius 1 is 1.24 bits per heavy atom. The first-order valence-corrected chi connectivity index (χ1v) is 8.45. The third-order valence-electron chi connectivity index (χ3n) is 4.84. The zero-order valence-electron chi connectivity index (χ0n) is 14.1. The summed E-state index contributed by atoms with van der Waals surface area (Å²) in [6.07, 6.45) is -0.472. The van der Waals surface area contributed by atoms with Crippen molar-refractivity contribution in [3.63, 3.8) is 0 Å². The Hall–Kier alpha value is -2.11. The number of halogens is 2. The van der Waals surface area contributed by atoms with Crippen molar-refractivity contribution in [1.29, 1.82) is 0 Å². The molecule has 25 heavy (non-hydrogen) atoms. The molecule has 4 nitrogen and oxygen atoms in total. The molecular weight excluding hydrogens is 343 g/mol. The second kappa shape index (κ2) is 7.02. The average Bonchev–Trinajstić information content (AvgIpc) is 2.99. The van der Waals surface area contributed by atoms with E-state index in [9.17, 15) is 9.18 Å². The number of amides is 1. The summed E-state index contributed by atoms with van der Waals surface area (Å²) >= 11 is 5.99.